The molecule has 0 spiro atoms. The van der Waals surface area contributed by atoms with Gasteiger partial charge in [-0.2, -0.15) is 0 Å². The Morgan fingerprint density at radius 2 is 1.76 bits per heavy atom. The van der Waals surface area contributed by atoms with Crippen molar-refractivity contribution in [1.82, 2.24) is 9.88 Å². The van der Waals surface area contributed by atoms with Crippen LogP contribution in [0.15, 0.2) is 54.7 Å². The Kier molecular flexibility index (Phi) is 6.72. The zero-order valence-electron chi connectivity index (χ0n) is 19.0. The lowest BCUT2D eigenvalue weighted by Crippen LogP contribution is -2.48. The summed E-state index contributed by atoms with van der Waals surface area (Å²) < 4.78 is 1.03. The first-order valence-corrected chi connectivity index (χ1v) is 13.1. The normalized spacial score (nSPS) is 19.2. The topological polar surface area (TPSA) is 73.5 Å². The Balaban J connectivity index is 1.41. The van der Waals surface area contributed by atoms with Gasteiger partial charge < -0.3 is 9.88 Å². The maximum absolute atomic E-state index is 13.7. The van der Waals surface area contributed by atoms with Crippen molar-refractivity contribution < 1.29 is 14.4 Å². The van der Waals surface area contributed by atoms with Crippen LogP contribution >= 0.6 is 22.6 Å². The third-order valence-electron chi connectivity index (χ3n) is 7.12. The molecule has 2 fully saturated rings. The molecule has 1 aliphatic heterocycles. The van der Waals surface area contributed by atoms with Crippen LogP contribution in [0.2, 0.25) is 0 Å². The molecule has 1 aromatic heterocycles. The SMILES string of the molecule is O=C1CC(N(CCc2c[nH]c3ccccc23)C(=O)C2CCCCC2)C(=O)N1c1ccc(I)cc1. The minimum absolute atomic E-state index is 0.0233. The summed E-state index contributed by atoms with van der Waals surface area (Å²) in [6.45, 7) is 0.418. The van der Waals surface area contributed by atoms with E-state index in [-0.39, 0.29) is 30.1 Å². The van der Waals surface area contributed by atoms with E-state index in [9.17, 15) is 14.4 Å². The Labute approximate surface area is 212 Å². The van der Waals surface area contributed by atoms with Crippen LogP contribution in [0.5, 0.6) is 0 Å². The van der Waals surface area contributed by atoms with Gasteiger partial charge in [-0.3, -0.25) is 14.4 Å². The van der Waals surface area contributed by atoms with E-state index >= 15 is 0 Å². The molecule has 5 rings (SSSR count). The minimum Gasteiger partial charge on any atom is -0.361 e. The predicted octanol–water partition coefficient (Wildman–Crippen LogP) is 5.06. The van der Waals surface area contributed by atoms with Gasteiger partial charge in [0.1, 0.15) is 6.04 Å². The van der Waals surface area contributed by atoms with Gasteiger partial charge in [-0.25, -0.2) is 4.90 Å². The lowest BCUT2D eigenvalue weighted by atomic mass is 9.87. The first kappa shape index (κ1) is 23.1. The Hall–Kier alpha value is -2.68. The molecule has 1 aliphatic carbocycles. The van der Waals surface area contributed by atoms with E-state index in [4.69, 9.17) is 0 Å². The zero-order valence-corrected chi connectivity index (χ0v) is 21.2. The molecule has 1 atom stereocenters. The number of nitrogens with zero attached hydrogens (tertiary/aromatic N) is 2. The summed E-state index contributed by atoms with van der Waals surface area (Å²) in [6.07, 6.45) is 7.60. The number of rotatable bonds is 6. The van der Waals surface area contributed by atoms with Crippen molar-refractivity contribution in [2.75, 3.05) is 11.4 Å². The number of halogens is 1. The number of anilines is 1. The van der Waals surface area contributed by atoms with E-state index in [1.54, 1.807) is 17.0 Å². The summed E-state index contributed by atoms with van der Waals surface area (Å²) >= 11 is 2.20. The second kappa shape index (κ2) is 9.90. The van der Waals surface area contributed by atoms with E-state index in [1.807, 2.05) is 36.5 Å². The van der Waals surface area contributed by atoms with Crippen molar-refractivity contribution in [3.05, 3.63) is 63.9 Å². The van der Waals surface area contributed by atoms with Gasteiger partial charge in [0.2, 0.25) is 11.8 Å². The molecule has 3 amide bonds. The van der Waals surface area contributed by atoms with Gasteiger partial charge >= 0.3 is 0 Å². The Morgan fingerprint density at radius 1 is 1.03 bits per heavy atom. The van der Waals surface area contributed by atoms with Crippen molar-refractivity contribution >= 4 is 56.9 Å². The molecule has 2 heterocycles. The number of aromatic amines is 1. The smallest absolute Gasteiger partial charge is 0.257 e. The number of hydrogen-bond donors (Lipinski definition) is 1. The number of fused-ring (bicyclic) bond motifs is 1. The number of para-hydroxylation sites is 1. The molecule has 1 unspecified atom stereocenters. The average Bonchev–Trinajstić information content (AvgIpc) is 3.40. The standard InChI is InChI=1S/C27H28IN3O3/c28-20-10-12-21(13-11-20)31-25(32)16-24(27(31)34)30(26(33)18-6-2-1-3-7-18)15-14-19-17-29-23-9-5-4-8-22(19)23/h4-5,8-13,17-18,24,29H,1-3,6-7,14-16H2. The highest BCUT2D eigenvalue weighted by molar-refractivity contribution is 14.1. The molecule has 6 nitrogen and oxygen atoms in total. The second-order valence-corrected chi connectivity index (χ2v) is 10.5. The number of nitrogens with one attached hydrogen (secondary N) is 1. The van der Waals surface area contributed by atoms with E-state index < -0.39 is 6.04 Å². The van der Waals surface area contributed by atoms with Gasteiger partial charge in [-0.15, -0.1) is 0 Å². The van der Waals surface area contributed by atoms with Crippen LogP contribution in [0.25, 0.3) is 10.9 Å². The quantitative estimate of drug-likeness (QED) is 0.334. The minimum atomic E-state index is -0.744. The number of amides is 3. The second-order valence-electron chi connectivity index (χ2n) is 9.24. The van der Waals surface area contributed by atoms with Gasteiger partial charge in [-0.1, -0.05) is 37.5 Å². The zero-order chi connectivity index (χ0) is 23.7. The first-order chi connectivity index (χ1) is 16.5. The fourth-order valence-corrected chi connectivity index (χ4v) is 5.66. The van der Waals surface area contributed by atoms with Gasteiger partial charge in [-0.05, 0) is 77.7 Å². The number of aromatic nitrogens is 1. The van der Waals surface area contributed by atoms with Crippen LogP contribution in [-0.2, 0) is 20.8 Å². The van der Waals surface area contributed by atoms with Crippen LogP contribution in [-0.4, -0.2) is 40.2 Å². The molecule has 1 N–H and O–H groups in total. The molecule has 0 bridgehead atoms. The lowest BCUT2D eigenvalue weighted by Gasteiger charge is -2.32. The van der Waals surface area contributed by atoms with E-state index in [2.05, 4.69) is 33.6 Å². The molecule has 3 aromatic rings. The predicted molar refractivity (Wildman–Crippen MR) is 140 cm³/mol. The number of carbonyl (C=O) groups is 3. The van der Waals surface area contributed by atoms with Gasteiger partial charge in [0.15, 0.2) is 0 Å². The van der Waals surface area contributed by atoms with Crippen molar-refractivity contribution in [2.45, 2.75) is 51.0 Å². The summed E-state index contributed by atoms with van der Waals surface area (Å²) in [5.74, 6) is -0.582. The van der Waals surface area contributed by atoms with Gasteiger partial charge in [0, 0.05) is 33.1 Å². The maximum atomic E-state index is 13.7. The van der Waals surface area contributed by atoms with Gasteiger partial charge in [0.25, 0.3) is 5.91 Å². The highest BCUT2D eigenvalue weighted by Gasteiger charge is 2.45. The van der Waals surface area contributed by atoms with Crippen LogP contribution in [0.3, 0.4) is 0 Å². The molecule has 7 heteroatoms. The third kappa shape index (κ3) is 4.50. The van der Waals surface area contributed by atoms with Crippen LogP contribution in [0, 0.1) is 9.49 Å². The summed E-state index contributed by atoms with van der Waals surface area (Å²) in [5, 5.41) is 1.13. The Bertz CT molecular complexity index is 1210. The number of carbonyl (C=O) groups excluding carboxylic acids is 3. The molecule has 0 radical (unpaired) electrons. The maximum Gasteiger partial charge on any atom is 0.257 e. The van der Waals surface area contributed by atoms with Crippen molar-refractivity contribution in [1.29, 1.82) is 0 Å². The first-order valence-electron chi connectivity index (χ1n) is 12.0. The third-order valence-corrected chi connectivity index (χ3v) is 7.84. The van der Waals surface area contributed by atoms with Crippen molar-refractivity contribution in [3.63, 3.8) is 0 Å². The summed E-state index contributed by atoms with van der Waals surface area (Å²) in [7, 11) is 0. The summed E-state index contributed by atoms with van der Waals surface area (Å²) in [6, 6.07) is 14.7. The summed E-state index contributed by atoms with van der Waals surface area (Å²) in [5.41, 5.74) is 2.74. The van der Waals surface area contributed by atoms with Crippen LogP contribution in [0.1, 0.15) is 44.1 Å². The van der Waals surface area contributed by atoms with Gasteiger partial charge in [0.05, 0.1) is 12.1 Å². The van der Waals surface area contributed by atoms with E-state index in [0.717, 1.165) is 52.1 Å². The largest absolute Gasteiger partial charge is 0.361 e. The monoisotopic (exact) mass is 569 g/mol. The number of benzene rings is 2. The number of hydrogen-bond acceptors (Lipinski definition) is 3. The lowest BCUT2D eigenvalue weighted by molar-refractivity contribution is -0.142. The van der Waals surface area contributed by atoms with E-state index in [0.29, 0.717) is 18.7 Å². The summed E-state index contributed by atoms with van der Waals surface area (Å²) in [4.78, 5) is 46.4. The van der Waals surface area contributed by atoms with Crippen LogP contribution in [0.4, 0.5) is 5.69 Å². The Morgan fingerprint density at radius 3 is 2.53 bits per heavy atom. The fourth-order valence-electron chi connectivity index (χ4n) is 5.30. The van der Waals surface area contributed by atoms with Crippen molar-refractivity contribution in [3.8, 4) is 0 Å². The highest BCUT2D eigenvalue weighted by Crippen LogP contribution is 2.31. The molecular weight excluding hydrogens is 541 g/mol. The van der Waals surface area contributed by atoms with E-state index in [1.165, 1.54) is 4.90 Å². The number of H-pyrrole nitrogens is 1. The van der Waals surface area contributed by atoms with Crippen molar-refractivity contribution in [2.24, 2.45) is 5.92 Å². The average molecular weight is 569 g/mol. The molecule has 1 saturated carbocycles. The molecular formula is C27H28IN3O3. The fraction of sp³-hybridized carbons (Fsp3) is 0.370. The molecule has 34 heavy (non-hydrogen) atoms. The molecule has 2 aliphatic rings. The molecule has 176 valence electrons. The van der Waals surface area contributed by atoms with Crippen LogP contribution < -0.4 is 4.90 Å². The highest BCUT2D eigenvalue weighted by atomic mass is 127. The molecule has 1 saturated heterocycles. The number of imide groups is 1. The molecule has 2 aromatic carbocycles.